The van der Waals surface area contributed by atoms with E-state index >= 15 is 0 Å². The summed E-state index contributed by atoms with van der Waals surface area (Å²) in [6.07, 6.45) is -2.99. The number of hydrogen-bond acceptors (Lipinski definition) is 1. The average molecular weight is 257 g/mol. The number of rotatable bonds is 3. The number of halogens is 3. The van der Waals surface area contributed by atoms with Gasteiger partial charge in [0.25, 0.3) is 0 Å². The van der Waals surface area contributed by atoms with Crippen molar-refractivity contribution in [2.75, 3.05) is 0 Å². The van der Waals surface area contributed by atoms with Gasteiger partial charge in [-0.1, -0.05) is 25.1 Å². The fourth-order valence-electron chi connectivity index (χ4n) is 2.09. The van der Waals surface area contributed by atoms with Crippen LogP contribution in [-0.4, -0.2) is 5.91 Å². The van der Waals surface area contributed by atoms with Crippen molar-refractivity contribution in [3.8, 4) is 0 Å². The first-order valence-corrected chi connectivity index (χ1v) is 5.87. The van der Waals surface area contributed by atoms with Crippen molar-refractivity contribution < 1.29 is 18.0 Å². The number of hydrogen-bond donors (Lipinski definition) is 1. The minimum absolute atomic E-state index is 0.180. The highest BCUT2D eigenvalue weighted by molar-refractivity contribution is 5.77. The summed E-state index contributed by atoms with van der Waals surface area (Å²) in [7, 11) is 0. The molecule has 0 bridgehead atoms. The zero-order chi connectivity index (χ0) is 13.4. The standard InChI is InChI=1S/C13H14F3NO/c1-2-11(18)17-12(7-8-12)9-5-3-4-6-10(9)13(14,15)16/h3-6H,2,7-8H2,1H3,(H,17,18). The Balaban J connectivity index is 2.37. The predicted molar refractivity (Wildman–Crippen MR) is 60.8 cm³/mol. The van der Waals surface area contributed by atoms with Crippen molar-refractivity contribution >= 4 is 5.91 Å². The Kier molecular flexibility index (Phi) is 3.09. The van der Waals surface area contributed by atoms with E-state index in [-0.39, 0.29) is 17.9 Å². The van der Waals surface area contributed by atoms with Gasteiger partial charge in [0.05, 0.1) is 11.1 Å². The van der Waals surface area contributed by atoms with E-state index in [2.05, 4.69) is 5.32 Å². The van der Waals surface area contributed by atoms with Gasteiger partial charge in [-0.2, -0.15) is 13.2 Å². The second kappa shape index (κ2) is 4.30. The fraction of sp³-hybridized carbons (Fsp3) is 0.462. The molecule has 1 aromatic rings. The maximum Gasteiger partial charge on any atom is 0.416 e. The molecule has 0 heterocycles. The molecule has 0 radical (unpaired) electrons. The first kappa shape index (κ1) is 12.9. The number of benzene rings is 1. The molecule has 18 heavy (non-hydrogen) atoms. The highest BCUT2D eigenvalue weighted by Gasteiger charge is 2.49. The van der Waals surface area contributed by atoms with Crippen LogP contribution in [-0.2, 0) is 16.5 Å². The minimum atomic E-state index is -4.39. The third kappa shape index (κ3) is 2.35. The van der Waals surface area contributed by atoms with Crippen LogP contribution >= 0.6 is 0 Å². The molecular formula is C13H14F3NO. The lowest BCUT2D eigenvalue weighted by atomic mass is 9.97. The Morgan fingerprint density at radius 1 is 1.33 bits per heavy atom. The maximum atomic E-state index is 12.9. The van der Waals surface area contributed by atoms with Gasteiger partial charge in [-0.25, -0.2) is 0 Å². The van der Waals surface area contributed by atoms with Gasteiger partial charge in [-0.3, -0.25) is 4.79 Å². The summed E-state index contributed by atoms with van der Waals surface area (Å²) in [5, 5.41) is 2.71. The third-order valence-corrected chi connectivity index (χ3v) is 3.20. The molecule has 0 atom stereocenters. The number of carbonyl (C=O) groups excluding carboxylic acids is 1. The lowest BCUT2D eigenvalue weighted by molar-refractivity contribution is -0.139. The van der Waals surface area contributed by atoms with Crippen LogP contribution in [0.4, 0.5) is 13.2 Å². The Morgan fingerprint density at radius 2 is 1.94 bits per heavy atom. The van der Waals surface area contributed by atoms with Crippen LogP contribution in [0, 0.1) is 0 Å². The van der Waals surface area contributed by atoms with Gasteiger partial charge in [0.1, 0.15) is 0 Å². The zero-order valence-electron chi connectivity index (χ0n) is 9.97. The molecule has 1 N–H and O–H groups in total. The first-order valence-electron chi connectivity index (χ1n) is 5.87. The summed E-state index contributed by atoms with van der Waals surface area (Å²) in [5.41, 5.74) is -1.28. The molecule has 2 nitrogen and oxygen atoms in total. The molecule has 0 spiro atoms. The normalized spacial score (nSPS) is 17.3. The minimum Gasteiger partial charge on any atom is -0.347 e. The monoisotopic (exact) mass is 257 g/mol. The van der Waals surface area contributed by atoms with E-state index in [0.29, 0.717) is 12.8 Å². The summed E-state index contributed by atoms with van der Waals surface area (Å²) in [6.45, 7) is 1.68. The van der Waals surface area contributed by atoms with E-state index in [4.69, 9.17) is 0 Å². The SMILES string of the molecule is CCC(=O)NC1(c2ccccc2C(F)(F)F)CC1. The molecule has 1 aliphatic carbocycles. The number of amides is 1. The van der Waals surface area contributed by atoms with Gasteiger partial charge in [-0.15, -0.1) is 0 Å². The molecule has 2 rings (SSSR count). The summed E-state index contributed by atoms with van der Waals surface area (Å²) in [4.78, 5) is 11.4. The van der Waals surface area contributed by atoms with Crippen molar-refractivity contribution in [1.82, 2.24) is 5.32 Å². The van der Waals surface area contributed by atoms with Gasteiger partial charge in [0.15, 0.2) is 0 Å². The number of carbonyl (C=O) groups is 1. The lowest BCUT2D eigenvalue weighted by Crippen LogP contribution is -2.35. The Bertz CT molecular complexity index is 464. The highest BCUT2D eigenvalue weighted by atomic mass is 19.4. The number of nitrogens with one attached hydrogen (secondary N) is 1. The van der Waals surface area contributed by atoms with Gasteiger partial charge in [-0.05, 0) is 24.5 Å². The molecule has 5 heteroatoms. The van der Waals surface area contributed by atoms with E-state index in [1.165, 1.54) is 12.1 Å². The molecule has 1 saturated carbocycles. The number of alkyl halides is 3. The molecule has 1 aromatic carbocycles. The van der Waals surface area contributed by atoms with Crippen molar-refractivity contribution in [3.05, 3.63) is 35.4 Å². The van der Waals surface area contributed by atoms with E-state index in [0.717, 1.165) is 6.07 Å². The summed E-state index contributed by atoms with van der Waals surface area (Å²) in [6, 6.07) is 5.45. The molecule has 1 amide bonds. The molecule has 0 unspecified atom stereocenters. The largest absolute Gasteiger partial charge is 0.416 e. The van der Waals surface area contributed by atoms with Crippen LogP contribution < -0.4 is 5.32 Å². The van der Waals surface area contributed by atoms with E-state index < -0.39 is 17.3 Å². The van der Waals surface area contributed by atoms with Gasteiger partial charge in [0.2, 0.25) is 5.91 Å². The predicted octanol–water partition coefficient (Wildman–Crippen LogP) is 3.22. The van der Waals surface area contributed by atoms with Crippen molar-refractivity contribution in [3.63, 3.8) is 0 Å². The van der Waals surface area contributed by atoms with Crippen LogP contribution in [0.25, 0.3) is 0 Å². The van der Waals surface area contributed by atoms with Crippen molar-refractivity contribution in [2.45, 2.75) is 37.9 Å². The summed E-state index contributed by atoms with van der Waals surface area (Å²) >= 11 is 0. The molecule has 1 fully saturated rings. The maximum absolute atomic E-state index is 12.9. The van der Waals surface area contributed by atoms with Crippen LogP contribution in [0.15, 0.2) is 24.3 Å². The van der Waals surface area contributed by atoms with Gasteiger partial charge < -0.3 is 5.32 Å². The quantitative estimate of drug-likeness (QED) is 0.885. The smallest absolute Gasteiger partial charge is 0.347 e. The molecule has 1 aliphatic rings. The molecular weight excluding hydrogens is 243 g/mol. The van der Waals surface area contributed by atoms with E-state index in [9.17, 15) is 18.0 Å². The van der Waals surface area contributed by atoms with Crippen LogP contribution in [0.1, 0.15) is 37.3 Å². The first-order chi connectivity index (χ1) is 8.39. The highest BCUT2D eigenvalue weighted by Crippen LogP contribution is 2.49. The Morgan fingerprint density at radius 3 is 2.44 bits per heavy atom. The molecule has 98 valence electrons. The Labute approximate surface area is 103 Å². The summed E-state index contributed by atoms with van der Waals surface area (Å²) < 4.78 is 38.7. The summed E-state index contributed by atoms with van der Waals surface area (Å²) in [5.74, 6) is -0.218. The molecule has 0 aliphatic heterocycles. The fourth-order valence-corrected chi connectivity index (χ4v) is 2.09. The van der Waals surface area contributed by atoms with Crippen LogP contribution in [0.3, 0.4) is 0 Å². The van der Waals surface area contributed by atoms with Crippen molar-refractivity contribution in [1.29, 1.82) is 0 Å². The van der Waals surface area contributed by atoms with Crippen molar-refractivity contribution in [2.24, 2.45) is 0 Å². The second-order valence-electron chi connectivity index (χ2n) is 4.53. The second-order valence-corrected chi connectivity index (χ2v) is 4.53. The molecule has 0 saturated heterocycles. The Hall–Kier alpha value is -1.52. The van der Waals surface area contributed by atoms with Crippen LogP contribution in [0.2, 0.25) is 0 Å². The zero-order valence-corrected chi connectivity index (χ0v) is 9.97. The lowest BCUT2D eigenvalue weighted by Gasteiger charge is -2.22. The topological polar surface area (TPSA) is 29.1 Å². The average Bonchev–Trinajstić information content (AvgIpc) is 3.09. The van der Waals surface area contributed by atoms with Gasteiger partial charge in [0, 0.05) is 6.42 Å². The van der Waals surface area contributed by atoms with Crippen LogP contribution in [0.5, 0.6) is 0 Å². The van der Waals surface area contributed by atoms with Gasteiger partial charge >= 0.3 is 6.18 Å². The van der Waals surface area contributed by atoms with E-state index in [1.54, 1.807) is 13.0 Å². The third-order valence-electron chi connectivity index (χ3n) is 3.20. The molecule has 0 aromatic heterocycles. The van der Waals surface area contributed by atoms with E-state index in [1.807, 2.05) is 0 Å².